The molecule has 3 aromatic rings. The van der Waals surface area contributed by atoms with Crippen LogP contribution in [0.3, 0.4) is 0 Å². The maximum Gasteiger partial charge on any atom is 0.246 e. The fourth-order valence-corrected chi connectivity index (χ4v) is 2.89. The second kappa shape index (κ2) is 5.29. The van der Waals surface area contributed by atoms with E-state index in [2.05, 4.69) is 32.2 Å². The highest BCUT2D eigenvalue weighted by Gasteiger charge is 2.23. The summed E-state index contributed by atoms with van der Waals surface area (Å²) in [7, 11) is 0. The molecule has 1 aliphatic rings. The van der Waals surface area contributed by atoms with E-state index in [1.54, 1.807) is 0 Å². The summed E-state index contributed by atoms with van der Waals surface area (Å²) in [4.78, 5) is 6.70. The number of nitrogens with one attached hydrogen (secondary N) is 1. The van der Waals surface area contributed by atoms with E-state index in [0.717, 1.165) is 36.5 Å². The van der Waals surface area contributed by atoms with Gasteiger partial charge in [0.1, 0.15) is 0 Å². The minimum Gasteiger partial charge on any atom is -0.346 e. The molecular weight excluding hydrogens is 278 g/mol. The lowest BCUT2D eigenvalue weighted by Gasteiger charge is -2.26. The van der Waals surface area contributed by atoms with Crippen molar-refractivity contribution in [3.63, 3.8) is 0 Å². The normalized spacial score (nSPS) is 14.1. The van der Waals surface area contributed by atoms with Gasteiger partial charge in [0.2, 0.25) is 11.7 Å². The highest BCUT2D eigenvalue weighted by atomic mass is 16.5. The van der Waals surface area contributed by atoms with Gasteiger partial charge in [-0.25, -0.2) is 0 Å². The van der Waals surface area contributed by atoms with Crippen molar-refractivity contribution in [2.45, 2.75) is 26.3 Å². The van der Waals surface area contributed by atoms with Crippen LogP contribution >= 0.6 is 0 Å². The van der Waals surface area contributed by atoms with Crippen LogP contribution in [0.5, 0.6) is 0 Å². The van der Waals surface area contributed by atoms with E-state index in [-0.39, 0.29) is 0 Å². The number of hydrogen-bond donors (Lipinski definition) is 1. The third-order valence-corrected chi connectivity index (χ3v) is 4.03. The lowest BCUT2D eigenvalue weighted by Crippen LogP contribution is -2.29. The van der Waals surface area contributed by atoms with Crippen molar-refractivity contribution in [2.24, 2.45) is 0 Å². The van der Waals surface area contributed by atoms with Gasteiger partial charge in [0, 0.05) is 23.4 Å². The van der Waals surface area contributed by atoms with Gasteiger partial charge in [0.15, 0.2) is 5.82 Å². The number of rotatable bonds is 3. The average Bonchev–Trinajstić information content (AvgIpc) is 3.17. The molecule has 1 aliphatic heterocycles. The fraction of sp³-hybridized carbons (Fsp3) is 0.312. The Hall–Kier alpha value is -2.63. The van der Waals surface area contributed by atoms with Crippen LogP contribution in [0.1, 0.15) is 23.6 Å². The van der Waals surface area contributed by atoms with Crippen LogP contribution in [0.15, 0.2) is 34.9 Å². The smallest absolute Gasteiger partial charge is 0.246 e. The molecule has 0 bridgehead atoms. The number of benzene rings is 1. The lowest BCUT2D eigenvalue weighted by atomic mass is 10.1. The zero-order valence-electron chi connectivity index (χ0n) is 12.4. The molecule has 0 aliphatic carbocycles. The van der Waals surface area contributed by atoms with Crippen LogP contribution in [0.25, 0.3) is 11.4 Å². The van der Waals surface area contributed by atoms with E-state index >= 15 is 0 Å². The number of fused-ring (bicyclic) bond motifs is 1. The first-order valence-electron chi connectivity index (χ1n) is 7.48. The summed E-state index contributed by atoms with van der Waals surface area (Å²) in [6.07, 6.45) is 2.19. The molecule has 3 heterocycles. The summed E-state index contributed by atoms with van der Waals surface area (Å²) < 4.78 is 5.40. The molecule has 112 valence electrons. The molecule has 1 aromatic carbocycles. The first-order chi connectivity index (χ1) is 10.8. The van der Waals surface area contributed by atoms with Crippen LogP contribution in [-0.4, -0.2) is 26.9 Å². The monoisotopic (exact) mass is 295 g/mol. The van der Waals surface area contributed by atoms with Crippen molar-refractivity contribution < 1.29 is 4.52 Å². The second-order valence-corrected chi connectivity index (χ2v) is 5.55. The number of aromatic amines is 1. The van der Waals surface area contributed by atoms with E-state index in [1.165, 1.54) is 5.56 Å². The van der Waals surface area contributed by atoms with Crippen molar-refractivity contribution in [3.05, 3.63) is 47.5 Å². The molecule has 0 atom stereocenters. The van der Waals surface area contributed by atoms with E-state index in [1.807, 2.05) is 30.3 Å². The Kier molecular flexibility index (Phi) is 3.14. The van der Waals surface area contributed by atoms with Gasteiger partial charge in [-0.1, -0.05) is 35.5 Å². The topological polar surface area (TPSA) is 70.8 Å². The van der Waals surface area contributed by atoms with Crippen LogP contribution in [0, 0.1) is 6.92 Å². The van der Waals surface area contributed by atoms with E-state index < -0.39 is 0 Å². The summed E-state index contributed by atoms with van der Waals surface area (Å²) in [5.74, 6) is 2.27. The fourth-order valence-electron chi connectivity index (χ4n) is 2.89. The van der Waals surface area contributed by atoms with Gasteiger partial charge in [0.05, 0.1) is 6.54 Å². The molecule has 1 N–H and O–H groups in total. The van der Waals surface area contributed by atoms with Gasteiger partial charge in [-0.3, -0.25) is 5.10 Å². The summed E-state index contributed by atoms with van der Waals surface area (Å²) in [6, 6.07) is 9.86. The Labute approximate surface area is 128 Å². The van der Waals surface area contributed by atoms with Gasteiger partial charge >= 0.3 is 0 Å². The molecule has 22 heavy (non-hydrogen) atoms. The van der Waals surface area contributed by atoms with Crippen molar-refractivity contribution >= 4 is 5.82 Å². The van der Waals surface area contributed by atoms with Gasteiger partial charge in [-0.2, -0.15) is 10.1 Å². The zero-order valence-corrected chi connectivity index (χ0v) is 12.4. The van der Waals surface area contributed by atoms with E-state index in [4.69, 9.17) is 4.52 Å². The summed E-state index contributed by atoms with van der Waals surface area (Å²) >= 11 is 0. The Balaban J connectivity index is 1.57. The van der Waals surface area contributed by atoms with Crippen molar-refractivity contribution in [1.29, 1.82) is 0 Å². The first-order valence-corrected chi connectivity index (χ1v) is 7.48. The highest BCUT2D eigenvalue weighted by molar-refractivity contribution is 5.54. The number of hydrogen-bond acceptors (Lipinski definition) is 5. The predicted molar refractivity (Wildman–Crippen MR) is 82.4 cm³/mol. The number of anilines is 1. The SMILES string of the molecule is Cc1[nH]nc2c1CCCN2Cc1nc(-c2ccccc2)no1. The van der Waals surface area contributed by atoms with Gasteiger partial charge < -0.3 is 9.42 Å². The van der Waals surface area contributed by atoms with Crippen molar-refractivity contribution in [2.75, 3.05) is 11.4 Å². The van der Waals surface area contributed by atoms with Crippen LogP contribution in [-0.2, 0) is 13.0 Å². The van der Waals surface area contributed by atoms with Crippen LogP contribution in [0.2, 0.25) is 0 Å². The van der Waals surface area contributed by atoms with Gasteiger partial charge in [-0.15, -0.1) is 0 Å². The number of H-pyrrole nitrogens is 1. The molecule has 2 aromatic heterocycles. The quantitative estimate of drug-likeness (QED) is 0.804. The molecule has 6 heteroatoms. The van der Waals surface area contributed by atoms with Gasteiger partial charge in [0.25, 0.3) is 0 Å². The molecular formula is C16H17N5O. The molecule has 0 radical (unpaired) electrons. The lowest BCUT2D eigenvalue weighted by molar-refractivity contribution is 0.375. The molecule has 0 amide bonds. The Morgan fingerprint density at radius 3 is 3.00 bits per heavy atom. The highest BCUT2D eigenvalue weighted by Crippen LogP contribution is 2.28. The number of aromatic nitrogens is 4. The molecule has 6 nitrogen and oxygen atoms in total. The van der Waals surface area contributed by atoms with Crippen molar-refractivity contribution in [3.8, 4) is 11.4 Å². The summed E-state index contributed by atoms with van der Waals surface area (Å²) in [5.41, 5.74) is 3.41. The molecule has 0 saturated carbocycles. The third kappa shape index (κ3) is 2.26. The first kappa shape index (κ1) is 13.1. The minimum atomic E-state index is 0.594. The minimum absolute atomic E-state index is 0.594. The third-order valence-electron chi connectivity index (χ3n) is 4.03. The molecule has 4 rings (SSSR count). The molecule has 0 spiro atoms. The predicted octanol–water partition coefficient (Wildman–Crippen LogP) is 2.72. The maximum atomic E-state index is 5.40. The van der Waals surface area contributed by atoms with Crippen LogP contribution < -0.4 is 4.90 Å². The average molecular weight is 295 g/mol. The Bertz CT molecular complexity index is 777. The van der Waals surface area contributed by atoms with E-state index in [9.17, 15) is 0 Å². The maximum absolute atomic E-state index is 5.40. The number of nitrogens with zero attached hydrogens (tertiary/aromatic N) is 4. The molecule has 0 saturated heterocycles. The van der Waals surface area contributed by atoms with Crippen LogP contribution in [0.4, 0.5) is 5.82 Å². The Morgan fingerprint density at radius 1 is 1.27 bits per heavy atom. The van der Waals surface area contributed by atoms with Crippen molar-refractivity contribution in [1.82, 2.24) is 20.3 Å². The van der Waals surface area contributed by atoms with Gasteiger partial charge in [-0.05, 0) is 19.8 Å². The van der Waals surface area contributed by atoms with E-state index in [0.29, 0.717) is 18.3 Å². The largest absolute Gasteiger partial charge is 0.346 e. The molecule has 0 fully saturated rings. The number of aryl methyl sites for hydroxylation is 1. The second-order valence-electron chi connectivity index (χ2n) is 5.55. The summed E-state index contributed by atoms with van der Waals surface area (Å²) in [6.45, 7) is 3.62. The summed E-state index contributed by atoms with van der Waals surface area (Å²) in [5, 5.41) is 11.5. The zero-order chi connectivity index (χ0) is 14.9. The standard InChI is InChI=1S/C16H17N5O/c1-11-13-8-5-9-21(16(13)19-18-11)10-14-17-15(20-22-14)12-6-3-2-4-7-12/h2-4,6-7H,5,8-10H2,1H3,(H,18,19). The molecule has 0 unspecified atom stereocenters. The Morgan fingerprint density at radius 2 is 2.14 bits per heavy atom.